The molecular formula is C14H19N5O. The third-order valence-corrected chi connectivity index (χ3v) is 3.64. The number of hydrogen-bond acceptors (Lipinski definition) is 6. The summed E-state index contributed by atoms with van der Waals surface area (Å²) >= 11 is 0. The molecule has 1 aliphatic heterocycles. The Morgan fingerprint density at radius 2 is 1.75 bits per heavy atom. The van der Waals surface area contributed by atoms with Gasteiger partial charge in [0.1, 0.15) is 5.76 Å². The maximum absolute atomic E-state index is 5.24. The molecule has 0 amide bonds. The van der Waals surface area contributed by atoms with Crippen molar-refractivity contribution in [1.29, 1.82) is 0 Å². The first-order valence-electron chi connectivity index (χ1n) is 6.87. The first-order chi connectivity index (χ1) is 9.72. The topological polar surface area (TPSA) is 58.3 Å². The van der Waals surface area contributed by atoms with Gasteiger partial charge in [0.2, 0.25) is 5.95 Å². The number of oxazole rings is 1. The molecular weight excluding hydrogens is 254 g/mol. The number of anilines is 1. The maximum atomic E-state index is 5.24. The van der Waals surface area contributed by atoms with E-state index in [1.807, 2.05) is 26.2 Å². The highest BCUT2D eigenvalue weighted by Gasteiger charge is 2.20. The third-order valence-electron chi connectivity index (χ3n) is 3.64. The smallest absolute Gasteiger partial charge is 0.225 e. The van der Waals surface area contributed by atoms with E-state index in [1.165, 1.54) is 6.39 Å². The Hall–Kier alpha value is -1.95. The van der Waals surface area contributed by atoms with Crippen molar-refractivity contribution >= 4 is 5.95 Å². The Morgan fingerprint density at radius 3 is 2.35 bits per heavy atom. The number of piperazine rings is 1. The standard InChI is InChI=1S/C14H19N5O/c1-11-7-15-14(16-8-11)19-5-3-18(4-6-19)9-13-12(2)20-10-17-13/h7-8,10H,3-6,9H2,1-2H3. The zero-order valence-corrected chi connectivity index (χ0v) is 11.9. The van der Waals surface area contributed by atoms with Gasteiger partial charge in [-0.3, -0.25) is 4.90 Å². The number of rotatable bonds is 3. The van der Waals surface area contributed by atoms with E-state index in [0.29, 0.717) is 0 Å². The lowest BCUT2D eigenvalue weighted by molar-refractivity contribution is 0.245. The molecule has 0 atom stereocenters. The first kappa shape index (κ1) is 13.1. The molecule has 0 spiro atoms. The van der Waals surface area contributed by atoms with Gasteiger partial charge in [-0.05, 0) is 19.4 Å². The van der Waals surface area contributed by atoms with Gasteiger partial charge >= 0.3 is 0 Å². The molecule has 106 valence electrons. The summed E-state index contributed by atoms with van der Waals surface area (Å²) in [5.41, 5.74) is 2.12. The van der Waals surface area contributed by atoms with Crippen LogP contribution in [0.3, 0.4) is 0 Å². The van der Waals surface area contributed by atoms with E-state index in [2.05, 4.69) is 24.8 Å². The molecule has 20 heavy (non-hydrogen) atoms. The predicted octanol–water partition coefficient (Wildman–Crippen LogP) is 1.40. The lowest BCUT2D eigenvalue weighted by atomic mass is 10.3. The average molecular weight is 273 g/mol. The first-order valence-corrected chi connectivity index (χ1v) is 6.87. The second-order valence-electron chi connectivity index (χ2n) is 5.18. The minimum Gasteiger partial charge on any atom is -0.448 e. The van der Waals surface area contributed by atoms with Gasteiger partial charge in [0.25, 0.3) is 0 Å². The van der Waals surface area contributed by atoms with Crippen molar-refractivity contribution in [3.63, 3.8) is 0 Å². The van der Waals surface area contributed by atoms with Crippen LogP contribution in [0.2, 0.25) is 0 Å². The van der Waals surface area contributed by atoms with Gasteiger partial charge in [-0.25, -0.2) is 15.0 Å². The lowest BCUT2D eigenvalue weighted by Gasteiger charge is -2.34. The zero-order chi connectivity index (χ0) is 13.9. The van der Waals surface area contributed by atoms with Crippen molar-refractivity contribution in [3.8, 4) is 0 Å². The lowest BCUT2D eigenvalue weighted by Crippen LogP contribution is -2.46. The Balaban J connectivity index is 1.57. The van der Waals surface area contributed by atoms with E-state index in [-0.39, 0.29) is 0 Å². The molecule has 1 saturated heterocycles. The van der Waals surface area contributed by atoms with E-state index in [1.54, 1.807) is 0 Å². The molecule has 2 aromatic heterocycles. The number of hydrogen-bond donors (Lipinski definition) is 0. The SMILES string of the molecule is Cc1cnc(N2CCN(Cc3ncoc3C)CC2)nc1. The van der Waals surface area contributed by atoms with Gasteiger partial charge in [0.05, 0.1) is 5.69 Å². The minimum absolute atomic E-state index is 0.827. The van der Waals surface area contributed by atoms with Crippen molar-refractivity contribution in [2.75, 3.05) is 31.1 Å². The fraction of sp³-hybridized carbons (Fsp3) is 0.500. The monoisotopic (exact) mass is 273 g/mol. The van der Waals surface area contributed by atoms with Crippen LogP contribution < -0.4 is 4.90 Å². The van der Waals surface area contributed by atoms with Crippen LogP contribution >= 0.6 is 0 Å². The molecule has 0 unspecified atom stereocenters. The van der Waals surface area contributed by atoms with Gasteiger partial charge in [-0.15, -0.1) is 0 Å². The van der Waals surface area contributed by atoms with Gasteiger partial charge in [-0.1, -0.05) is 0 Å². The molecule has 3 rings (SSSR count). The highest BCUT2D eigenvalue weighted by molar-refractivity contribution is 5.30. The Morgan fingerprint density at radius 1 is 1.05 bits per heavy atom. The van der Waals surface area contributed by atoms with Crippen LogP contribution in [-0.2, 0) is 6.54 Å². The highest BCUT2D eigenvalue weighted by atomic mass is 16.3. The molecule has 0 bridgehead atoms. The van der Waals surface area contributed by atoms with E-state index in [4.69, 9.17) is 4.42 Å². The molecule has 0 saturated carbocycles. The molecule has 6 nitrogen and oxygen atoms in total. The molecule has 1 fully saturated rings. The van der Waals surface area contributed by atoms with Crippen molar-refractivity contribution < 1.29 is 4.42 Å². The number of aromatic nitrogens is 3. The fourth-order valence-electron chi connectivity index (χ4n) is 2.35. The van der Waals surface area contributed by atoms with Crippen LogP contribution in [0.4, 0.5) is 5.95 Å². The summed E-state index contributed by atoms with van der Waals surface area (Å²) in [6, 6.07) is 0. The summed E-state index contributed by atoms with van der Waals surface area (Å²) in [6.45, 7) is 8.68. The maximum Gasteiger partial charge on any atom is 0.225 e. The van der Waals surface area contributed by atoms with Crippen LogP contribution in [0.25, 0.3) is 0 Å². The van der Waals surface area contributed by atoms with Crippen molar-refractivity contribution in [3.05, 3.63) is 35.8 Å². The Bertz CT molecular complexity index is 557. The van der Waals surface area contributed by atoms with E-state index in [9.17, 15) is 0 Å². The van der Waals surface area contributed by atoms with Gasteiger partial charge in [-0.2, -0.15) is 0 Å². The summed E-state index contributed by atoms with van der Waals surface area (Å²) in [4.78, 5) is 17.6. The molecule has 0 N–H and O–H groups in total. The molecule has 3 heterocycles. The van der Waals surface area contributed by atoms with E-state index in [0.717, 1.165) is 55.7 Å². The van der Waals surface area contributed by atoms with Gasteiger partial charge < -0.3 is 9.32 Å². The molecule has 0 aliphatic carbocycles. The van der Waals surface area contributed by atoms with Crippen molar-refractivity contribution in [2.45, 2.75) is 20.4 Å². The van der Waals surface area contributed by atoms with Gasteiger partial charge in [0, 0.05) is 45.1 Å². The summed E-state index contributed by atoms with van der Waals surface area (Å²) in [6.07, 6.45) is 5.25. The second-order valence-corrected chi connectivity index (χ2v) is 5.18. The van der Waals surface area contributed by atoms with Crippen LogP contribution in [0.15, 0.2) is 23.2 Å². The second kappa shape index (κ2) is 5.58. The molecule has 0 aromatic carbocycles. The average Bonchev–Trinajstić information content (AvgIpc) is 2.86. The van der Waals surface area contributed by atoms with E-state index < -0.39 is 0 Å². The summed E-state index contributed by atoms with van der Waals surface area (Å²) in [7, 11) is 0. The number of aryl methyl sites for hydroxylation is 2. The van der Waals surface area contributed by atoms with Crippen LogP contribution in [0.1, 0.15) is 17.0 Å². The van der Waals surface area contributed by atoms with Crippen LogP contribution in [0.5, 0.6) is 0 Å². The van der Waals surface area contributed by atoms with E-state index >= 15 is 0 Å². The van der Waals surface area contributed by atoms with Crippen molar-refractivity contribution in [2.24, 2.45) is 0 Å². The number of nitrogens with zero attached hydrogens (tertiary/aromatic N) is 5. The van der Waals surface area contributed by atoms with Crippen LogP contribution in [-0.4, -0.2) is 46.0 Å². The van der Waals surface area contributed by atoms with Crippen LogP contribution in [0, 0.1) is 13.8 Å². The summed E-state index contributed by atoms with van der Waals surface area (Å²) in [5, 5.41) is 0. The fourth-order valence-corrected chi connectivity index (χ4v) is 2.35. The summed E-state index contributed by atoms with van der Waals surface area (Å²) in [5.74, 6) is 1.74. The molecule has 1 aliphatic rings. The largest absolute Gasteiger partial charge is 0.448 e. The zero-order valence-electron chi connectivity index (χ0n) is 11.9. The van der Waals surface area contributed by atoms with Crippen molar-refractivity contribution in [1.82, 2.24) is 19.9 Å². The quantitative estimate of drug-likeness (QED) is 0.842. The highest BCUT2D eigenvalue weighted by Crippen LogP contribution is 2.14. The molecule has 0 radical (unpaired) electrons. The normalized spacial score (nSPS) is 16.6. The third kappa shape index (κ3) is 2.80. The molecule has 6 heteroatoms. The summed E-state index contributed by atoms with van der Waals surface area (Å²) < 4.78 is 5.24. The minimum atomic E-state index is 0.827. The Labute approximate surface area is 118 Å². The predicted molar refractivity (Wildman–Crippen MR) is 75.5 cm³/mol. The Kier molecular flexibility index (Phi) is 3.64. The van der Waals surface area contributed by atoms with Gasteiger partial charge in [0.15, 0.2) is 6.39 Å². The molecule has 2 aromatic rings.